The first-order valence-corrected chi connectivity index (χ1v) is 2.44. The van der Waals surface area contributed by atoms with Gasteiger partial charge in [0.1, 0.15) is 4.64 Å². The fourth-order valence-electron chi connectivity index (χ4n) is 0.377. The Morgan fingerprint density at radius 2 is 2.12 bits per heavy atom. The maximum absolute atomic E-state index is 4.76. The van der Waals surface area contributed by atoms with Gasteiger partial charge in [-0.05, 0) is 12.1 Å². The number of nitrogens with one attached hydrogen (secondary N) is 1. The third-order valence-corrected chi connectivity index (χ3v) is 0.934. The predicted molar refractivity (Wildman–Crippen MR) is 37.4 cm³/mol. The Kier molecular flexibility index (Phi) is 5.45. The van der Waals surface area contributed by atoms with E-state index >= 15 is 0 Å². The smallest absolute Gasteiger partial charge is 0.103 e. The van der Waals surface area contributed by atoms with Gasteiger partial charge < -0.3 is 4.98 Å². The summed E-state index contributed by atoms with van der Waals surface area (Å²) >= 11 is 4.76. The van der Waals surface area contributed by atoms with Crippen molar-refractivity contribution in [1.29, 1.82) is 0 Å². The van der Waals surface area contributed by atoms with E-state index in [0.717, 1.165) is 4.64 Å². The number of pyridine rings is 1. The summed E-state index contributed by atoms with van der Waals surface area (Å²) in [5.41, 5.74) is 0. The van der Waals surface area contributed by atoms with Crippen LogP contribution < -0.4 is 0 Å². The van der Waals surface area contributed by atoms with Gasteiger partial charge in [0.05, 0.1) is 0 Å². The van der Waals surface area contributed by atoms with E-state index < -0.39 is 0 Å². The van der Waals surface area contributed by atoms with Crippen LogP contribution in [0.15, 0.2) is 24.4 Å². The summed E-state index contributed by atoms with van der Waals surface area (Å²) < 4.78 is 0.780. The van der Waals surface area contributed by atoms with Crippen molar-refractivity contribution in [2.75, 3.05) is 0 Å². The van der Waals surface area contributed by atoms with E-state index in [0.29, 0.717) is 0 Å². The van der Waals surface area contributed by atoms with E-state index in [4.69, 9.17) is 12.2 Å². The molecule has 0 bridgehead atoms. The third kappa shape index (κ3) is 3.12. The van der Waals surface area contributed by atoms with Gasteiger partial charge >= 0.3 is 0 Å². The standard InChI is InChI=1S/C5H5NS.K/c7-5-3-1-2-4-6-5;/h1-4H,(H,6,7);. The van der Waals surface area contributed by atoms with Gasteiger partial charge in [0.25, 0.3) is 0 Å². The predicted octanol–water partition coefficient (Wildman–Crippen LogP) is 1.36. The minimum atomic E-state index is 0. The number of hydrogen-bond acceptors (Lipinski definition) is 1. The van der Waals surface area contributed by atoms with Crippen molar-refractivity contribution in [3.8, 4) is 0 Å². The van der Waals surface area contributed by atoms with Gasteiger partial charge in [-0.1, -0.05) is 18.3 Å². The van der Waals surface area contributed by atoms with Gasteiger partial charge in [0.15, 0.2) is 0 Å². The van der Waals surface area contributed by atoms with Crippen molar-refractivity contribution >= 4 is 63.6 Å². The van der Waals surface area contributed by atoms with Crippen LogP contribution in [0.4, 0.5) is 0 Å². The van der Waals surface area contributed by atoms with Crippen LogP contribution in [0.5, 0.6) is 0 Å². The molecule has 0 unspecified atom stereocenters. The van der Waals surface area contributed by atoms with Crippen molar-refractivity contribution < 1.29 is 0 Å². The van der Waals surface area contributed by atoms with E-state index in [2.05, 4.69) is 4.98 Å². The third-order valence-electron chi connectivity index (χ3n) is 0.681. The fourth-order valence-corrected chi connectivity index (χ4v) is 0.523. The second kappa shape index (κ2) is 4.85. The Labute approximate surface area is 95.9 Å². The molecule has 0 aliphatic carbocycles. The van der Waals surface area contributed by atoms with E-state index in [-0.39, 0.29) is 51.4 Å². The zero-order valence-corrected chi connectivity index (χ0v) is 8.66. The molecular weight excluding hydrogens is 145 g/mol. The first kappa shape index (κ1) is 9.01. The summed E-state index contributed by atoms with van der Waals surface area (Å²) in [6, 6.07) is 5.64. The molecule has 0 fully saturated rings. The molecule has 37 valence electrons. The van der Waals surface area contributed by atoms with Gasteiger partial charge in [-0.15, -0.1) is 0 Å². The monoisotopic (exact) mass is 150 g/mol. The molecule has 0 spiro atoms. The molecule has 1 rings (SSSR count). The molecule has 1 radical (unpaired) electrons. The summed E-state index contributed by atoms with van der Waals surface area (Å²) in [6.07, 6.45) is 1.81. The molecule has 1 aromatic heterocycles. The topological polar surface area (TPSA) is 15.8 Å². The number of aromatic amines is 1. The van der Waals surface area contributed by atoms with Crippen LogP contribution in [-0.2, 0) is 0 Å². The molecule has 1 heterocycles. The molecule has 0 aliphatic rings. The van der Waals surface area contributed by atoms with E-state index in [1.165, 1.54) is 0 Å². The first-order chi connectivity index (χ1) is 3.39. The Hall–Kier alpha value is 1.01. The molecule has 8 heavy (non-hydrogen) atoms. The molecular formula is C5H5KNS. The zero-order valence-electron chi connectivity index (χ0n) is 4.72. The van der Waals surface area contributed by atoms with Crippen LogP contribution in [0.3, 0.4) is 0 Å². The molecule has 0 aliphatic heterocycles. The average Bonchev–Trinajstić information content (AvgIpc) is 1.69. The summed E-state index contributed by atoms with van der Waals surface area (Å²) in [5.74, 6) is 0. The van der Waals surface area contributed by atoms with Crippen LogP contribution >= 0.6 is 12.2 Å². The van der Waals surface area contributed by atoms with Crippen LogP contribution in [0.25, 0.3) is 0 Å². The Balaban J connectivity index is 0.000000490. The normalized spacial score (nSPS) is 7.50. The molecule has 0 saturated carbocycles. The van der Waals surface area contributed by atoms with Crippen molar-refractivity contribution in [2.45, 2.75) is 0 Å². The molecule has 1 nitrogen and oxygen atoms in total. The quantitative estimate of drug-likeness (QED) is 0.436. The summed E-state index contributed by atoms with van der Waals surface area (Å²) in [6.45, 7) is 0. The molecule has 1 N–H and O–H groups in total. The van der Waals surface area contributed by atoms with Crippen LogP contribution in [-0.4, -0.2) is 56.4 Å². The van der Waals surface area contributed by atoms with Gasteiger partial charge in [-0.3, -0.25) is 0 Å². The van der Waals surface area contributed by atoms with Gasteiger partial charge in [0, 0.05) is 57.6 Å². The minimum absolute atomic E-state index is 0. The SMILES string of the molecule is S=c1cccc[nH]1.[K]. The summed E-state index contributed by atoms with van der Waals surface area (Å²) in [4.78, 5) is 2.85. The van der Waals surface area contributed by atoms with E-state index in [1.54, 1.807) is 0 Å². The number of H-pyrrole nitrogens is 1. The minimum Gasteiger partial charge on any atom is -0.353 e. The van der Waals surface area contributed by atoms with Crippen molar-refractivity contribution in [2.24, 2.45) is 0 Å². The molecule has 3 heteroatoms. The fraction of sp³-hybridized carbons (Fsp3) is 0. The molecule has 0 aromatic carbocycles. The van der Waals surface area contributed by atoms with Crippen LogP contribution in [0.1, 0.15) is 0 Å². The molecule has 0 atom stereocenters. The number of rotatable bonds is 0. The van der Waals surface area contributed by atoms with Crippen LogP contribution in [0.2, 0.25) is 0 Å². The van der Waals surface area contributed by atoms with Gasteiger partial charge in [-0.25, -0.2) is 0 Å². The van der Waals surface area contributed by atoms with Crippen LogP contribution in [0, 0.1) is 4.64 Å². The summed E-state index contributed by atoms with van der Waals surface area (Å²) in [5, 5.41) is 0. The van der Waals surface area contributed by atoms with Crippen molar-refractivity contribution in [3.63, 3.8) is 0 Å². The summed E-state index contributed by atoms with van der Waals surface area (Å²) in [7, 11) is 0. The molecule has 0 amide bonds. The molecule has 0 saturated heterocycles. The van der Waals surface area contributed by atoms with Gasteiger partial charge in [0.2, 0.25) is 0 Å². The van der Waals surface area contributed by atoms with E-state index in [9.17, 15) is 0 Å². The second-order valence-corrected chi connectivity index (χ2v) is 1.67. The largest absolute Gasteiger partial charge is 0.353 e. The van der Waals surface area contributed by atoms with Crippen molar-refractivity contribution in [3.05, 3.63) is 29.0 Å². The average molecular weight is 150 g/mol. The number of aromatic nitrogens is 1. The van der Waals surface area contributed by atoms with E-state index in [1.807, 2.05) is 24.4 Å². The second-order valence-electron chi connectivity index (χ2n) is 1.23. The Bertz CT molecular complexity index is 178. The van der Waals surface area contributed by atoms with Gasteiger partial charge in [-0.2, -0.15) is 0 Å². The number of hydrogen-bond donors (Lipinski definition) is 1. The Morgan fingerprint density at radius 1 is 1.38 bits per heavy atom. The maximum Gasteiger partial charge on any atom is 0.103 e. The Morgan fingerprint density at radius 3 is 2.38 bits per heavy atom. The maximum atomic E-state index is 4.76. The zero-order chi connectivity index (χ0) is 5.11. The molecule has 1 aromatic rings. The first-order valence-electron chi connectivity index (χ1n) is 2.03. The van der Waals surface area contributed by atoms with Crippen molar-refractivity contribution in [1.82, 2.24) is 4.98 Å².